The molecule has 6 heterocycles. The van der Waals surface area contributed by atoms with Crippen LogP contribution >= 0.6 is 34.8 Å². The Bertz CT molecular complexity index is 2960. The van der Waals surface area contributed by atoms with Gasteiger partial charge in [0, 0.05) is 76.6 Å². The van der Waals surface area contributed by atoms with E-state index >= 15 is 0 Å². The number of pyridine rings is 3. The third kappa shape index (κ3) is 10.5. The molecule has 3 saturated heterocycles. The van der Waals surface area contributed by atoms with Gasteiger partial charge in [0.05, 0.1) is 17.1 Å². The molecule has 1 N–H and O–H groups in total. The highest BCUT2D eigenvalue weighted by molar-refractivity contribution is 6.31. The number of halogens is 3. The smallest absolute Gasteiger partial charge is 0.209 e. The fourth-order valence-corrected chi connectivity index (χ4v) is 11.8. The predicted octanol–water partition coefficient (Wildman–Crippen LogP) is 12.3. The Hall–Kier alpha value is -5.41. The van der Waals surface area contributed by atoms with Crippen LogP contribution in [-0.2, 0) is 43.3 Å². The van der Waals surface area contributed by atoms with E-state index < -0.39 is 0 Å². The first kappa shape index (κ1) is 47.3. The van der Waals surface area contributed by atoms with Crippen molar-refractivity contribution in [2.45, 2.75) is 77.0 Å². The van der Waals surface area contributed by atoms with Gasteiger partial charge in [-0.05, 0) is 202 Å². The van der Waals surface area contributed by atoms with Crippen LogP contribution in [0.4, 0.5) is 0 Å². The summed E-state index contributed by atoms with van der Waals surface area (Å²) >= 11 is 18.7. The predicted molar refractivity (Wildman–Crippen MR) is 283 cm³/mol. The number of hydrogen-bond acceptors (Lipinski definition) is 6. The van der Waals surface area contributed by atoms with Gasteiger partial charge in [0.15, 0.2) is 0 Å². The lowest BCUT2D eigenvalue weighted by atomic mass is 9.89. The van der Waals surface area contributed by atoms with Gasteiger partial charge in [-0.3, -0.25) is 19.7 Å². The Morgan fingerprint density at radius 2 is 0.797 bits per heavy atom. The monoisotopic (exact) mass is 972 g/mol. The minimum Gasteiger partial charge on any atom is -0.345 e. The zero-order valence-electron chi connectivity index (χ0n) is 39.5. The summed E-state index contributed by atoms with van der Waals surface area (Å²) in [6.07, 6.45) is 19.0. The molecule has 10 heteroatoms. The van der Waals surface area contributed by atoms with E-state index in [0.717, 1.165) is 143 Å². The van der Waals surface area contributed by atoms with Crippen LogP contribution in [0.15, 0.2) is 126 Å². The van der Waals surface area contributed by atoms with E-state index in [9.17, 15) is 4.79 Å². The Kier molecular flexibility index (Phi) is 14.9. The Labute approximate surface area is 422 Å². The first-order valence-electron chi connectivity index (χ1n) is 24.7. The zero-order chi connectivity index (χ0) is 47.3. The van der Waals surface area contributed by atoms with Crippen LogP contribution in [0.25, 0.3) is 16.7 Å². The maximum Gasteiger partial charge on any atom is 0.209 e. The van der Waals surface area contributed by atoms with Crippen LogP contribution in [0.3, 0.4) is 0 Å². The molecule has 1 amide bonds. The molecule has 3 fully saturated rings. The van der Waals surface area contributed by atoms with Gasteiger partial charge in [-0.15, -0.1) is 0 Å². The van der Waals surface area contributed by atoms with Gasteiger partial charge in [-0.2, -0.15) is 0 Å². The molecule has 3 aliphatic heterocycles. The molecule has 6 aromatic rings. The fourth-order valence-electron chi connectivity index (χ4n) is 11.2. The average Bonchev–Trinajstić information content (AvgIpc) is 3.74. The maximum atomic E-state index is 11.0. The molecule has 352 valence electrons. The van der Waals surface area contributed by atoms with Crippen molar-refractivity contribution in [2.24, 2.45) is 0 Å². The SMILES string of the molecule is CN1CCC(=C2c3ccc(Cl)cc3CCc3cccnc32)CC1.Clc1ccc2c(c1)CCc1cccnc1C2=C1CCNCC1.O=CN1CCC(=C2c3ccc(Cl)cc3CCc3cccnc32)CC1. The molecular formula is C59H59Cl3N6O. The van der Waals surface area contributed by atoms with Crippen molar-refractivity contribution in [1.82, 2.24) is 30.1 Å². The molecule has 0 bridgehead atoms. The number of rotatable bonds is 1. The van der Waals surface area contributed by atoms with Crippen molar-refractivity contribution in [2.75, 3.05) is 46.3 Å². The van der Waals surface area contributed by atoms with Gasteiger partial charge < -0.3 is 15.1 Å². The summed E-state index contributed by atoms with van der Waals surface area (Å²) in [6.45, 7) is 5.95. The zero-order valence-corrected chi connectivity index (χ0v) is 41.7. The van der Waals surface area contributed by atoms with Crippen LogP contribution in [0, 0.1) is 0 Å². The summed E-state index contributed by atoms with van der Waals surface area (Å²) in [5.41, 5.74) is 23.9. The van der Waals surface area contributed by atoms with E-state index in [1.165, 1.54) is 89.3 Å². The van der Waals surface area contributed by atoms with E-state index in [0.29, 0.717) is 0 Å². The molecule has 0 saturated carbocycles. The molecule has 0 unspecified atom stereocenters. The fraction of sp³-hybridized carbons (Fsp3) is 0.322. The largest absolute Gasteiger partial charge is 0.345 e. The Morgan fingerprint density at radius 1 is 0.449 bits per heavy atom. The molecule has 3 aromatic heterocycles. The van der Waals surface area contributed by atoms with E-state index in [1.54, 1.807) is 5.57 Å². The summed E-state index contributed by atoms with van der Waals surface area (Å²) in [5.74, 6) is 0. The van der Waals surface area contributed by atoms with Crippen molar-refractivity contribution in [1.29, 1.82) is 0 Å². The van der Waals surface area contributed by atoms with Crippen molar-refractivity contribution >= 4 is 57.9 Å². The second-order valence-corrected chi connectivity index (χ2v) is 20.4. The normalized spacial score (nSPS) is 17.7. The van der Waals surface area contributed by atoms with Gasteiger partial charge in [-0.1, -0.05) is 87.9 Å². The van der Waals surface area contributed by atoms with Gasteiger partial charge in [0.1, 0.15) is 0 Å². The second-order valence-electron chi connectivity index (χ2n) is 19.1. The lowest BCUT2D eigenvalue weighted by molar-refractivity contribution is -0.118. The third-order valence-electron chi connectivity index (χ3n) is 14.8. The third-order valence-corrected chi connectivity index (χ3v) is 15.5. The number of piperidine rings is 3. The first-order chi connectivity index (χ1) is 33.8. The summed E-state index contributed by atoms with van der Waals surface area (Å²) in [5, 5.41) is 5.89. The minimum absolute atomic E-state index is 0.785. The van der Waals surface area contributed by atoms with Gasteiger partial charge in [0.2, 0.25) is 6.41 Å². The van der Waals surface area contributed by atoms with E-state index in [4.69, 9.17) is 49.8 Å². The molecule has 3 aromatic carbocycles. The molecule has 0 radical (unpaired) electrons. The summed E-state index contributed by atoms with van der Waals surface area (Å²) in [4.78, 5) is 29.5. The molecular weight excluding hydrogens is 915 g/mol. The van der Waals surface area contributed by atoms with Crippen LogP contribution < -0.4 is 5.32 Å². The Morgan fingerprint density at radius 3 is 1.17 bits per heavy atom. The van der Waals surface area contributed by atoms with E-state index in [2.05, 4.69) is 77.9 Å². The quantitative estimate of drug-likeness (QED) is 0.166. The number of nitrogens with one attached hydrogen (secondary N) is 1. The van der Waals surface area contributed by atoms with Crippen molar-refractivity contribution in [3.63, 3.8) is 0 Å². The number of carbonyl (C=O) groups is 1. The van der Waals surface area contributed by atoms with E-state index in [-0.39, 0.29) is 0 Å². The summed E-state index contributed by atoms with van der Waals surface area (Å²) < 4.78 is 0. The van der Waals surface area contributed by atoms with E-state index in [1.807, 2.05) is 53.8 Å². The minimum atomic E-state index is 0.785. The van der Waals surface area contributed by atoms with Gasteiger partial charge in [0.25, 0.3) is 0 Å². The molecule has 3 aliphatic carbocycles. The van der Waals surface area contributed by atoms with Crippen molar-refractivity contribution in [3.8, 4) is 0 Å². The second kappa shape index (κ2) is 21.7. The molecule has 0 atom stereocenters. The van der Waals surface area contributed by atoms with Crippen LogP contribution in [0.1, 0.15) is 106 Å². The standard InChI is InChI=1S/C20H19ClN2O.C20H21ClN2.C19H19ClN2/c21-17-5-6-18-16(12-17)4-3-15-2-1-9-22-20(15)19(18)14-7-10-23(13-24)11-8-14;1-23-11-8-14(9-12-23)19-18-7-6-17(21)13-16(18)5-4-15-3-2-10-22-20(15)19;20-16-5-6-17-15(12-16)4-3-14-2-1-9-22-19(14)18(17)13-7-10-21-11-8-13/h1-2,5-6,9,12-13H,3-4,7-8,10-11H2;2-3,6-7,10,13H,4-5,8-9,11-12H2,1H3;1-2,5-6,9,12,21H,3-4,7-8,10-11H2. The van der Waals surface area contributed by atoms with Gasteiger partial charge in [-0.25, -0.2) is 0 Å². The lowest BCUT2D eigenvalue weighted by Crippen LogP contribution is -2.29. The van der Waals surface area contributed by atoms with Crippen LogP contribution in [0.2, 0.25) is 15.1 Å². The first-order valence-corrected chi connectivity index (χ1v) is 25.9. The van der Waals surface area contributed by atoms with Crippen molar-refractivity contribution in [3.05, 3.63) is 209 Å². The average molecular weight is 975 g/mol. The topological polar surface area (TPSA) is 74.2 Å². The van der Waals surface area contributed by atoms with Crippen molar-refractivity contribution < 1.29 is 4.79 Å². The molecule has 69 heavy (non-hydrogen) atoms. The molecule has 7 nitrogen and oxygen atoms in total. The molecule has 0 spiro atoms. The number of nitrogens with zero attached hydrogens (tertiary/aromatic N) is 5. The van der Waals surface area contributed by atoms with Gasteiger partial charge >= 0.3 is 0 Å². The highest BCUT2D eigenvalue weighted by Gasteiger charge is 2.27. The number of aromatic nitrogens is 3. The number of hydrogen-bond donors (Lipinski definition) is 1. The molecule has 12 rings (SSSR count). The Balaban J connectivity index is 0.000000120. The number of amides is 1. The maximum absolute atomic E-state index is 11.0. The summed E-state index contributed by atoms with van der Waals surface area (Å²) in [6, 6.07) is 31.6. The molecule has 6 aliphatic rings. The highest BCUT2D eigenvalue weighted by Crippen LogP contribution is 2.41. The number of carbonyl (C=O) groups excluding carboxylic acids is 1. The highest BCUT2D eigenvalue weighted by atomic mass is 35.5. The number of benzene rings is 3. The van der Waals surface area contributed by atoms with Crippen LogP contribution in [-0.4, -0.2) is 77.5 Å². The number of likely N-dealkylation sites (tertiary alicyclic amines) is 2. The summed E-state index contributed by atoms with van der Waals surface area (Å²) in [7, 11) is 2.20. The lowest BCUT2D eigenvalue weighted by Gasteiger charge is -2.27. The number of aryl methyl sites for hydroxylation is 6. The number of fused-ring (bicyclic) bond motifs is 6. The van der Waals surface area contributed by atoms with Crippen LogP contribution in [0.5, 0.6) is 0 Å².